The zero-order valence-corrected chi connectivity index (χ0v) is 11.8. The number of nitrogens with zero attached hydrogens (tertiary/aromatic N) is 4. The number of anilines is 1. The Kier molecular flexibility index (Phi) is 3.41. The highest BCUT2D eigenvalue weighted by Gasteiger charge is 2.16. The maximum Gasteiger partial charge on any atom is 0.278 e. The second-order valence-electron chi connectivity index (χ2n) is 4.34. The summed E-state index contributed by atoms with van der Waals surface area (Å²) in [4.78, 5) is 16.0. The summed E-state index contributed by atoms with van der Waals surface area (Å²) in [6.07, 6.45) is 3.06. The van der Waals surface area contributed by atoms with E-state index in [-0.39, 0.29) is 11.9 Å². The van der Waals surface area contributed by atoms with Gasteiger partial charge in [-0.2, -0.15) is 15.2 Å². The molecule has 0 aliphatic rings. The topological polar surface area (TPSA) is 88.5 Å². The van der Waals surface area contributed by atoms with Gasteiger partial charge >= 0.3 is 0 Å². The largest absolute Gasteiger partial charge is 0.289 e. The van der Waals surface area contributed by atoms with E-state index in [4.69, 9.17) is 11.6 Å². The number of aromatic amines is 1. The number of rotatable bonds is 3. The van der Waals surface area contributed by atoms with Crippen LogP contribution in [0.15, 0.2) is 36.8 Å². The number of carbonyl (C=O) groups is 1. The summed E-state index contributed by atoms with van der Waals surface area (Å²) in [7, 11) is 0. The van der Waals surface area contributed by atoms with Crippen molar-refractivity contribution in [3.05, 3.63) is 53.1 Å². The lowest BCUT2D eigenvalue weighted by molar-refractivity contribution is 0.102. The molecule has 0 bridgehead atoms. The molecule has 0 saturated heterocycles. The number of hydrogen-bond donors (Lipinski definition) is 2. The number of H-pyrrole nitrogens is 1. The highest BCUT2D eigenvalue weighted by atomic mass is 35.5. The molecule has 0 fully saturated rings. The number of aromatic nitrogens is 5. The lowest BCUT2D eigenvalue weighted by Gasteiger charge is -2.03. The standard InChI is InChI=1S/C13H11ClN6O/c1-8-6-20(10-5-3-2-4-9(10)14)19-11(8)12(21)17-13-15-7-16-18-13/h2-7H,1H3,(H2,15,16,17,18,21). The Morgan fingerprint density at radius 1 is 1.38 bits per heavy atom. The SMILES string of the molecule is Cc1cn(-c2ccccc2Cl)nc1C(=O)Nc1ncn[nH]1. The molecule has 2 heterocycles. The van der Waals surface area contributed by atoms with E-state index in [1.54, 1.807) is 23.9 Å². The fourth-order valence-corrected chi connectivity index (χ4v) is 2.10. The first-order valence-corrected chi connectivity index (χ1v) is 6.51. The van der Waals surface area contributed by atoms with Crippen LogP contribution in [0.5, 0.6) is 0 Å². The van der Waals surface area contributed by atoms with E-state index in [9.17, 15) is 4.79 Å². The van der Waals surface area contributed by atoms with Crippen molar-refractivity contribution in [3.63, 3.8) is 0 Å². The molecule has 0 aliphatic carbocycles. The van der Waals surface area contributed by atoms with Crippen LogP contribution >= 0.6 is 11.6 Å². The summed E-state index contributed by atoms with van der Waals surface area (Å²) in [6.45, 7) is 1.80. The van der Waals surface area contributed by atoms with E-state index in [2.05, 4.69) is 25.6 Å². The van der Waals surface area contributed by atoms with Gasteiger partial charge in [0.25, 0.3) is 5.91 Å². The summed E-state index contributed by atoms with van der Waals surface area (Å²) in [6, 6.07) is 7.28. The first-order valence-electron chi connectivity index (χ1n) is 6.13. The van der Waals surface area contributed by atoms with Crippen molar-refractivity contribution in [2.24, 2.45) is 0 Å². The number of benzene rings is 1. The lowest BCUT2D eigenvalue weighted by Crippen LogP contribution is -2.15. The van der Waals surface area contributed by atoms with E-state index in [0.717, 1.165) is 5.56 Å². The van der Waals surface area contributed by atoms with E-state index in [0.29, 0.717) is 16.4 Å². The maximum atomic E-state index is 12.2. The smallest absolute Gasteiger partial charge is 0.278 e. The van der Waals surface area contributed by atoms with E-state index in [1.807, 2.05) is 18.2 Å². The molecule has 0 saturated carbocycles. The molecular weight excluding hydrogens is 292 g/mol. The predicted octanol–water partition coefficient (Wildman–Crippen LogP) is 2.20. The Morgan fingerprint density at radius 2 is 2.19 bits per heavy atom. The third-order valence-electron chi connectivity index (χ3n) is 2.86. The minimum absolute atomic E-state index is 0.270. The number of amides is 1. The molecule has 0 atom stereocenters. The van der Waals surface area contributed by atoms with Gasteiger partial charge in [0, 0.05) is 11.8 Å². The molecule has 1 amide bonds. The van der Waals surface area contributed by atoms with Gasteiger partial charge in [0.1, 0.15) is 6.33 Å². The van der Waals surface area contributed by atoms with Crippen LogP contribution in [0.2, 0.25) is 5.02 Å². The van der Waals surface area contributed by atoms with Gasteiger partial charge in [0.2, 0.25) is 5.95 Å². The summed E-state index contributed by atoms with van der Waals surface area (Å²) < 4.78 is 1.58. The van der Waals surface area contributed by atoms with Gasteiger partial charge in [0.15, 0.2) is 5.69 Å². The van der Waals surface area contributed by atoms with Crippen molar-refractivity contribution in [1.82, 2.24) is 25.0 Å². The quantitative estimate of drug-likeness (QED) is 0.776. The Hall–Kier alpha value is -2.67. The van der Waals surface area contributed by atoms with Gasteiger partial charge in [-0.25, -0.2) is 9.78 Å². The van der Waals surface area contributed by atoms with Crippen LogP contribution in [0.3, 0.4) is 0 Å². The van der Waals surface area contributed by atoms with Gasteiger partial charge in [-0.3, -0.25) is 10.1 Å². The highest BCUT2D eigenvalue weighted by molar-refractivity contribution is 6.32. The molecule has 7 nitrogen and oxygen atoms in total. The fourth-order valence-electron chi connectivity index (χ4n) is 1.88. The molecule has 0 aliphatic heterocycles. The van der Waals surface area contributed by atoms with Crippen LogP contribution in [-0.2, 0) is 0 Å². The molecule has 0 radical (unpaired) electrons. The van der Waals surface area contributed by atoms with Crippen LogP contribution in [0.25, 0.3) is 5.69 Å². The number of nitrogens with one attached hydrogen (secondary N) is 2. The van der Waals surface area contributed by atoms with E-state index >= 15 is 0 Å². The average molecular weight is 303 g/mol. The third-order valence-corrected chi connectivity index (χ3v) is 3.18. The van der Waals surface area contributed by atoms with Gasteiger partial charge in [0.05, 0.1) is 10.7 Å². The monoisotopic (exact) mass is 302 g/mol. The normalized spacial score (nSPS) is 10.6. The summed E-state index contributed by atoms with van der Waals surface area (Å²) in [5, 5.41) is 13.6. The third kappa shape index (κ3) is 2.63. The van der Waals surface area contributed by atoms with Crippen LogP contribution < -0.4 is 5.32 Å². The number of hydrogen-bond acceptors (Lipinski definition) is 4. The highest BCUT2D eigenvalue weighted by Crippen LogP contribution is 2.20. The number of aryl methyl sites for hydroxylation is 1. The van der Waals surface area contributed by atoms with Crippen LogP contribution in [0.1, 0.15) is 16.1 Å². The molecule has 3 aromatic rings. The van der Waals surface area contributed by atoms with Crippen molar-refractivity contribution in [2.75, 3.05) is 5.32 Å². The van der Waals surface area contributed by atoms with Crippen molar-refractivity contribution in [2.45, 2.75) is 6.92 Å². The van der Waals surface area contributed by atoms with Crippen molar-refractivity contribution in [1.29, 1.82) is 0 Å². The Labute approximate surface area is 125 Å². The Bertz CT molecular complexity index is 780. The second kappa shape index (κ2) is 5.37. The fraction of sp³-hybridized carbons (Fsp3) is 0.0769. The zero-order chi connectivity index (χ0) is 14.8. The first-order chi connectivity index (χ1) is 10.1. The number of para-hydroxylation sites is 1. The molecular formula is C13H11ClN6O. The number of carbonyl (C=O) groups excluding carboxylic acids is 1. The van der Waals surface area contributed by atoms with E-state index in [1.165, 1.54) is 6.33 Å². The molecule has 106 valence electrons. The predicted molar refractivity (Wildman–Crippen MR) is 77.6 cm³/mol. The average Bonchev–Trinajstić information content (AvgIpc) is 3.09. The summed E-state index contributed by atoms with van der Waals surface area (Å²) in [5.41, 5.74) is 1.74. The second-order valence-corrected chi connectivity index (χ2v) is 4.75. The lowest BCUT2D eigenvalue weighted by atomic mass is 10.2. The zero-order valence-electron chi connectivity index (χ0n) is 11.0. The Balaban J connectivity index is 1.91. The van der Waals surface area contributed by atoms with Crippen LogP contribution in [-0.4, -0.2) is 30.9 Å². The number of halogens is 1. The first kappa shape index (κ1) is 13.3. The van der Waals surface area contributed by atoms with Gasteiger partial charge in [-0.05, 0) is 19.1 Å². The molecule has 0 unspecified atom stereocenters. The van der Waals surface area contributed by atoms with Gasteiger partial charge < -0.3 is 0 Å². The molecule has 8 heteroatoms. The van der Waals surface area contributed by atoms with Gasteiger partial charge in [-0.1, -0.05) is 23.7 Å². The minimum atomic E-state index is -0.366. The van der Waals surface area contributed by atoms with Crippen LogP contribution in [0.4, 0.5) is 5.95 Å². The summed E-state index contributed by atoms with van der Waals surface area (Å²) >= 11 is 6.13. The molecule has 21 heavy (non-hydrogen) atoms. The van der Waals surface area contributed by atoms with Crippen LogP contribution in [0, 0.1) is 6.92 Å². The Morgan fingerprint density at radius 3 is 2.90 bits per heavy atom. The van der Waals surface area contributed by atoms with Crippen molar-refractivity contribution in [3.8, 4) is 5.69 Å². The molecule has 2 N–H and O–H groups in total. The molecule has 1 aromatic carbocycles. The molecule has 2 aromatic heterocycles. The minimum Gasteiger partial charge on any atom is -0.289 e. The van der Waals surface area contributed by atoms with Crippen molar-refractivity contribution < 1.29 is 4.79 Å². The van der Waals surface area contributed by atoms with Crippen molar-refractivity contribution >= 4 is 23.5 Å². The summed E-state index contributed by atoms with van der Waals surface area (Å²) in [5.74, 6) is -0.0956. The molecule has 0 spiro atoms. The molecule has 3 rings (SSSR count). The van der Waals surface area contributed by atoms with E-state index < -0.39 is 0 Å². The maximum absolute atomic E-state index is 12.2. The van der Waals surface area contributed by atoms with Gasteiger partial charge in [-0.15, -0.1) is 0 Å².